The monoisotopic (exact) mass is 379 g/mol. The fraction of sp³-hybridized carbons (Fsp3) is 0.273. The van der Waals surface area contributed by atoms with E-state index in [1.165, 1.54) is 0 Å². The first-order valence-corrected chi connectivity index (χ1v) is 9.70. The summed E-state index contributed by atoms with van der Waals surface area (Å²) in [5.74, 6) is 0.626. The molecule has 138 valence electrons. The van der Waals surface area contributed by atoms with Crippen LogP contribution in [0.5, 0.6) is 0 Å². The summed E-state index contributed by atoms with van der Waals surface area (Å²) < 4.78 is 0. The van der Waals surface area contributed by atoms with Gasteiger partial charge in [0.25, 0.3) is 0 Å². The van der Waals surface area contributed by atoms with Crippen LogP contribution in [0.25, 0.3) is 22.4 Å². The van der Waals surface area contributed by atoms with Gasteiger partial charge in [0.05, 0.1) is 11.8 Å². The Bertz CT molecular complexity index is 908. The number of hydrogen-bond acceptors (Lipinski definition) is 4. The normalized spacial score (nSPS) is 19.6. The Labute approximate surface area is 164 Å². The lowest BCUT2D eigenvalue weighted by atomic mass is 9.93. The number of aromatic nitrogens is 2. The first kappa shape index (κ1) is 18.0. The van der Waals surface area contributed by atoms with Crippen LogP contribution in [0.2, 0.25) is 5.02 Å². The standard InChI is InChI=1S/C22H22ClN3O/c23-17-8-4-7-16(13-17)20-14-24-22(25-18-9-11-19(27)12-10-18)26-21(20)15-5-2-1-3-6-15/h1-8,13-14,18-19,27H,9-12H2,(H,24,25,26). The maximum atomic E-state index is 9.70. The van der Waals surface area contributed by atoms with Gasteiger partial charge in [-0.2, -0.15) is 0 Å². The molecule has 0 bridgehead atoms. The summed E-state index contributed by atoms with van der Waals surface area (Å²) in [4.78, 5) is 9.39. The van der Waals surface area contributed by atoms with E-state index >= 15 is 0 Å². The van der Waals surface area contributed by atoms with E-state index in [-0.39, 0.29) is 6.10 Å². The van der Waals surface area contributed by atoms with Crippen molar-refractivity contribution in [2.45, 2.75) is 37.8 Å². The van der Waals surface area contributed by atoms with Crippen molar-refractivity contribution in [3.8, 4) is 22.4 Å². The average molecular weight is 380 g/mol. The van der Waals surface area contributed by atoms with Crippen LogP contribution in [0, 0.1) is 0 Å². The van der Waals surface area contributed by atoms with E-state index in [1.54, 1.807) is 0 Å². The van der Waals surface area contributed by atoms with E-state index < -0.39 is 0 Å². The van der Waals surface area contributed by atoms with Gasteiger partial charge in [-0.05, 0) is 43.4 Å². The third kappa shape index (κ3) is 4.29. The van der Waals surface area contributed by atoms with E-state index in [4.69, 9.17) is 16.6 Å². The number of halogens is 1. The zero-order chi connectivity index (χ0) is 18.6. The van der Waals surface area contributed by atoms with Gasteiger partial charge in [-0.15, -0.1) is 0 Å². The molecule has 4 nitrogen and oxygen atoms in total. The van der Waals surface area contributed by atoms with Crippen molar-refractivity contribution in [2.24, 2.45) is 0 Å². The topological polar surface area (TPSA) is 58.0 Å². The first-order chi connectivity index (χ1) is 13.2. The molecule has 27 heavy (non-hydrogen) atoms. The van der Waals surface area contributed by atoms with Crippen molar-refractivity contribution in [3.05, 3.63) is 65.8 Å². The van der Waals surface area contributed by atoms with Crippen molar-refractivity contribution in [1.82, 2.24) is 9.97 Å². The smallest absolute Gasteiger partial charge is 0.223 e. The van der Waals surface area contributed by atoms with Crippen molar-refractivity contribution in [2.75, 3.05) is 5.32 Å². The molecule has 1 heterocycles. The zero-order valence-electron chi connectivity index (χ0n) is 15.0. The molecule has 0 saturated heterocycles. The Kier molecular flexibility index (Phi) is 5.37. The summed E-state index contributed by atoms with van der Waals surface area (Å²) in [5.41, 5.74) is 3.87. The molecule has 1 fully saturated rings. The van der Waals surface area contributed by atoms with Crippen LogP contribution in [0.1, 0.15) is 25.7 Å². The summed E-state index contributed by atoms with van der Waals surface area (Å²) >= 11 is 6.19. The molecule has 0 aliphatic heterocycles. The molecule has 2 N–H and O–H groups in total. The minimum Gasteiger partial charge on any atom is -0.393 e. The highest BCUT2D eigenvalue weighted by atomic mass is 35.5. The maximum absolute atomic E-state index is 9.70. The molecule has 0 spiro atoms. The first-order valence-electron chi connectivity index (χ1n) is 9.32. The molecular formula is C22H22ClN3O. The summed E-state index contributed by atoms with van der Waals surface area (Å²) in [5, 5.41) is 13.8. The second-order valence-electron chi connectivity index (χ2n) is 6.98. The summed E-state index contributed by atoms with van der Waals surface area (Å²) in [6, 6.07) is 18.2. The third-order valence-electron chi connectivity index (χ3n) is 5.00. The molecule has 3 aromatic rings. The van der Waals surface area contributed by atoms with E-state index in [2.05, 4.69) is 22.4 Å². The Hall–Kier alpha value is -2.43. The van der Waals surface area contributed by atoms with Gasteiger partial charge in [0.2, 0.25) is 5.95 Å². The number of hydrogen-bond donors (Lipinski definition) is 2. The molecule has 0 radical (unpaired) electrons. The van der Waals surface area contributed by atoms with E-state index in [0.29, 0.717) is 17.0 Å². The maximum Gasteiger partial charge on any atom is 0.223 e. The largest absolute Gasteiger partial charge is 0.393 e. The van der Waals surface area contributed by atoms with Crippen LogP contribution in [-0.4, -0.2) is 27.2 Å². The van der Waals surface area contributed by atoms with Crippen LogP contribution in [0.15, 0.2) is 60.8 Å². The molecule has 1 saturated carbocycles. The van der Waals surface area contributed by atoms with Crippen molar-refractivity contribution >= 4 is 17.5 Å². The molecule has 4 rings (SSSR count). The predicted octanol–water partition coefficient (Wildman–Crippen LogP) is 5.18. The fourth-order valence-electron chi connectivity index (χ4n) is 3.54. The predicted molar refractivity (Wildman–Crippen MR) is 110 cm³/mol. The van der Waals surface area contributed by atoms with Gasteiger partial charge in [0, 0.05) is 28.4 Å². The average Bonchev–Trinajstić information content (AvgIpc) is 2.70. The van der Waals surface area contributed by atoms with Gasteiger partial charge in [0.15, 0.2) is 0 Å². The number of aliphatic hydroxyl groups excluding tert-OH is 1. The van der Waals surface area contributed by atoms with Crippen LogP contribution >= 0.6 is 11.6 Å². The lowest BCUT2D eigenvalue weighted by Gasteiger charge is -2.26. The molecule has 0 unspecified atom stereocenters. The molecule has 1 aliphatic carbocycles. The van der Waals surface area contributed by atoms with Crippen LogP contribution in [0.3, 0.4) is 0 Å². The Morgan fingerprint density at radius 2 is 1.67 bits per heavy atom. The van der Waals surface area contributed by atoms with Gasteiger partial charge < -0.3 is 10.4 Å². The Balaban J connectivity index is 1.70. The van der Waals surface area contributed by atoms with Crippen molar-refractivity contribution in [1.29, 1.82) is 0 Å². The molecule has 1 aromatic heterocycles. The number of anilines is 1. The highest BCUT2D eigenvalue weighted by Crippen LogP contribution is 2.32. The lowest BCUT2D eigenvalue weighted by molar-refractivity contribution is 0.126. The highest BCUT2D eigenvalue weighted by molar-refractivity contribution is 6.30. The van der Waals surface area contributed by atoms with Crippen LogP contribution in [0.4, 0.5) is 5.95 Å². The molecule has 2 aromatic carbocycles. The van der Waals surface area contributed by atoms with Crippen molar-refractivity contribution < 1.29 is 5.11 Å². The molecular weight excluding hydrogens is 358 g/mol. The van der Waals surface area contributed by atoms with Gasteiger partial charge in [0.1, 0.15) is 0 Å². The quantitative estimate of drug-likeness (QED) is 0.655. The SMILES string of the molecule is OC1CCC(Nc2ncc(-c3cccc(Cl)c3)c(-c3ccccc3)n2)CC1. The second kappa shape index (κ2) is 8.07. The van der Waals surface area contributed by atoms with E-state index in [0.717, 1.165) is 48.1 Å². The number of benzene rings is 2. The number of rotatable bonds is 4. The number of aliphatic hydroxyl groups is 1. The summed E-state index contributed by atoms with van der Waals surface area (Å²) in [6.07, 6.45) is 5.20. The summed E-state index contributed by atoms with van der Waals surface area (Å²) in [6.45, 7) is 0. The number of nitrogens with zero attached hydrogens (tertiary/aromatic N) is 2. The van der Waals surface area contributed by atoms with Gasteiger partial charge >= 0.3 is 0 Å². The summed E-state index contributed by atoms with van der Waals surface area (Å²) in [7, 11) is 0. The molecule has 5 heteroatoms. The van der Waals surface area contributed by atoms with Gasteiger partial charge in [-0.3, -0.25) is 0 Å². The highest BCUT2D eigenvalue weighted by Gasteiger charge is 2.20. The van der Waals surface area contributed by atoms with E-state index in [1.807, 2.05) is 48.7 Å². The minimum absolute atomic E-state index is 0.172. The van der Waals surface area contributed by atoms with Gasteiger partial charge in [-0.25, -0.2) is 9.97 Å². The Morgan fingerprint density at radius 1 is 0.926 bits per heavy atom. The third-order valence-corrected chi connectivity index (χ3v) is 5.24. The zero-order valence-corrected chi connectivity index (χ0v) is 15.7. The minimum atomic E-state index is -0.172. The van der Waals surface area contributed by atoms with E-state index in [9.17, 15) is 5.11 Å². The lowest BCUT2D eigenvalue weighted by Crippen LogP contribution is -2.29. The van der Waals surface area contributed by atoms with Crippen molar-refractivity contribution in [3.63, 3.8) is 0 Å². The Morgan fingerprint density at radius 3 is 2.41 bits per heavy atom. The number of nitrogens with one attached hydrogen (secondary N) is 1. The molecule has 1 aliphatic rings. The van der Waals surface area contributed by atoms with Gasteiger partial charge in [-0.1, -0.05) is 54.1 Å². The fourth-order valence-corrected chi connectivity index (χ4v) is 3.73. The second-order valence-corrected chi connectivity index (χ2v) is 7.42. The molecule has 0 atom stereocenters. The van der Waals surface area contributed by atoms with Crippen LogP contribution < -0.4 is 5.32 Å². The van der Waals surface area contributed by atoms with Crippen LogP contribution in [-0.2, 0) is 0 Å². The molecule has 0 amide bonds.